The molecule has 114 valence electrons. The zero-order valence-electron chi connectivity index (χ0n) is 11.2. The molecule has 1 heterocycles. The van der Waals surface area contributed by atoms with Crippen molar-refractivity contribution in [1.29, 1.82) is 0 Å². The molecule has 0 amide bonds. The Kier molecular flexibility index (Phi) is 6.25. The highest BCUT2D eigenvalue weighted by Crippen LogP contribution is 2.26. The first-order chi connectivity index (χ1) is 10.1. The minimum Gasteiger partial charge on any atom is -0.491 e. The summed E-state index contributed by atoms with van der Waals surface area (Å²) in [5.41, 5.74) is 0. The number of benzene rings is 1. The van der Waals surface area contributed by atoms with Crippen LogP contribution in [0.2, 0.25) is 10.0 Å². The summed E-state index contributed by atoms with van der Waals surface area (Å²) in [6.45, 7) is 1.98. The molecule has 0 saturated carbocycles. The summed E-state index contributed by atoms with van der Waals surface area (Å²) >= 11 is 11.7. The number of halogens is 2. The maximum Gasteiger partial charge on any atom is 0.121 e. The molecule has 0 spiro atoms. The summed E-state index contributed by atoms with van der Waals surface area (Å²) in [5.74, 6) is 0.575. The van der Waals surface area contributed by atoms with Gasteiger partial charge in [-0.2, -0.15) is 0 Å². The third-order valence-corrected chi connectivity index (χ3v) is 3.44. The van der Waals surface area contributed by atoms with Crippen LogP contribution in [0, 0.1) is 0 Å². The summed E-state index contributed by atoms with van der Waals surface area (Å²) < 4.78 is 7.16. The Morgan fingerprint density at radius 1 is 1.33 bits per heavy atom. The Bertz CT molecular complexity index is 551. The third-order valence-electron chi connectivity index (χ3n) is 2.70. The predicted octanol–water partition coefficient (Wildman–Crippen LogP) is 1.61. The first-order valence-corrected chi connectivity index (χ1v) is 7.21. The molecule has 0 radical (unpaired) electrons. The Morgan fingerprint density at radius 3 is 2.90 bits per heavy atom. The molecule has 1 atom stereocenters. The molecule has 21 heavy (non-hydrogen) atoms. The zero-order chi connectivity index (χ0) is 15.1. The van der Waals surface area contributed by atoms with Crippen LogP contribution in [0.15, 0.2) is 30.6 Å². The van der Waals surface area contributed by atoms with E-state index < -0.39 is 6.10 Å². The molecular formula is C13H16Cl2N4O2. The fourth-order valence-electron chi connectivity index (χ4n) is 1.63. The van der Waals surface area contributed by atoms with Crippen molar-refractivity contribution < 1.29 is 9.84 Å². The van der Waals surface area contributed by atoms with Crippen LogP contribution in [0.4, 0.5) is 0 Å². The Hall–Kier alpha value is -1.34. The van der Waals surface area contributed by atoms with Crippen molar-refractivity contribution in [2.45, 2.75) is 12.6 Å². The van der Waals surface area contributed by atoms with Crippen LogP contribution < -0.4 is 10.1 Å². The largest absolute Gasteiger partial charge is 0.491 e. The molecular weight excluding hydrogens is 315 g/mol. The molecule has 0 aliphatic rings. The number of hydrogen-bond acceptors (Lipinski definition) is 5. The fourth-order valence-corrected chi connectivity index (χ4v) is 1.92. The molecule has 6 nitrogen and oxygen atoms in total. The molecule has 2 aromatic rings. The van der Waals surface area contributed by atoms with Crippen molar-refractivity contribution in [3.63, 3.8) is 0 Å². The zero-order valence-corrected chi connectivity index (χ0v) is 12.8. The number of aromatic nitrogens is 3. The number of aliphatic hydroxyl groups is 1. The Morgan fingerprint density at radius 2 is 2.19 bits per heavy atom. The summed E-state index contributed by atoms with van der Waals surface area (Å²) in [5, 5.41) is 21.4. The molecule has 0 saturated heterocycles. The molecule has 1 aromatic heterocycles. The lowest BCUT2D eigenvalue weighted by atomic mass is 10.3. The van der Waals surface area contributed by atoms with Gasteiger partial charge in [0.05, 0.1) is 22.8 Å². The molecule has 1 aromatic carbocycles. The predicted molar refractivity (Wildman–Crippen MR) is 80.9 cm³/mol. The average Bonchev–Trinajstić information content (AvgIpc) is 2.98. The monoisotopic (exact) mass is 330 g/mol. The number of nitrogens with one attached hydrogen (secondary N) is 1. The molecule has 1 unspecified atom stereocenters. The van der Waals surface area contributed by atoms with Crippen LogP contribution in [0.25, 0.3) is 0 Å². The Labute approximate surface area is 132 Å². The van der Waals surface area contributed by atoms with Gasteiger partial charge in [0.2, 0.25) is 0 Å². The first kappa shape index (κ1) is 16.0. The smallest absolute Gasteiger partial charge is 0.121 e. The molecule has 2 N–H and O–H groups in total. The van der Waals surface area contributed by atoms with Gasteiger partial charge >= 0.3 is 0 Å². The highest BCUT2D eigenvalue weighted by molar-refractivity contribution is 6.42. The number of hydrogen-bond donors (Lipinski definition) is 2. The van der Waals surface area contributed by atoms with Gasteiger partial charge in [0, 0.05) is 25.4 Å². The lowest BCUT2D eigenvalue weighted by Crippen LogP contribution is -2.33. The lowest BCUT2D eigenvalue weighted by Gasteiger charge is -2.13. The van der Waals surface area contributed by atoms with E-state index in [0.717, 1.165) is 0 Å². The van der Waals surface area contributed by atoms with Gasteiger partial charge in [-0.15, -0.1) is 5.10 Å². The molecule has 0 aliphatic carbocycles. The minimum atomic E-state index is -0.616. The van der Waals surface area contributed by atoms with E-state index in [4.69, 9.17) is 27.9 Å². The fraction of sp³-hybridized carbons (Fsp3) is 0.385. The number of ether oxygens (including phenoxy) is 1. The maximum atomic E-state index is 9.81. The van der Waals surface area contributed by atoms with Crippen LogP contribution in [-0.2, 0) is 6.54 Å². The van der Waals surface area contributed by atoms with E-state index in [2.05, 4.69) is 15.6 Å². The van der Waals surface area contributed by atoms with Crippen LogP contribution in [0.3, 0.4) is 0 Å². The van der Waals surface area contributed by atoms with E-state index in [1.54, 1.807) is 35.3 Å². The molecule has 0 aliphatic heterocycles. The molecule has 2 rings (SSSR count). The van der Waals surface area contributed by atoms with Gasteiger partial charge in [0.15, 0.2) is 0 Å². The van der Waals surface area contributed by atoms with Crippen molar-refractivity contribution >= 4 is 23.2 Å². The van der Waals surface area contributed by atoms with Crippen molar-refractivity contribution in [3.8, 4) is 5.75 Å². The Balaban J connectivity index is 1.62. The van der Waals surface area contributed by atoms with Crippen molar-refractivity contribution in [2.75, 3.05) is 19.7 Å². The van der Waals surface area contributed by atoms with Crippen LogP contribution >= 0.6 is 23.2 Å². The summed E-state index contributed by atoms with van der Waals surface area (Å²) in [7, 11) is 0. The number of rotatable bonds is 8. The summed E-state index contributed by atoms with van der Waals surface area (Å²) in [6, 6.07) is 4.98. The molecule has 0 fully saturated rings. The first-order valence-electron chi connectivity index (χ1n) is 6.46. The van der Waals surface area contributed by atoms with Gasteiger partial charge in [-0.05, 0) is 12.1 Å². The highest BCUT2D eigenvalue weighted by atomic mass is 35.5. The van der Waals surface area contributed by atoms with Crippen LogP contribution in [-0.4, -0.2) is 45.9 Å². The van der Waals surface area contributed by atoms with E-state index in [0.29, 0.717) is 35.4 Å². The van der Waals surface area contributed by atoms with Crippen LogP contribution in [0.5, 0.6) is 5.75 Å². The normalized spacial score (nSPS) is 12.3. The summed E-state index contributed by atoms with van der Waals surface area (Å²) in [6.07, 6.45) is 2.79. The minimum absolute atomic E-state index is 0.175. The number of nitrogens with zero attached hydrogens (tertiary/aromatic N) is 3. The third kappa shape index (κ3) is 5.51. The van der Waals surface area contributed by atoms with E-state index in [1.807, 2.05) is 0 Å². The van der Waals surface area contributed by atoms with Crippen molar-refractivity contribution in [1.82, 2.24) is 20.3 Å². The topological polar surface area (TPSA) is 72.2 Å². The lowest BCUT2D eigenvalue weighted by molar-refractivity contribution is 0.106. The quantitative estimate of drug-likeness (QED) is 0.719. The van der Waals surface area contributed by atoms with Gasteiger partial charge in [0.1, 0.15) is 18.5 Å². The van der Waals surface area contributed by atoms with Crippen molar-refractivity contribution in [2.24, 2.45) is 0 Å². The van der Waals surface area contributed by atoms with Gasteiger partial charge in [-0.3, -0.25) is 4.68 Å². The van der Waals surface area contributed by atoms with E-state index >= 15 is 0 Å². The van der Waals surface area contributed by atoms with Gasteiger partial charge < -0.3 is 15.2 Å². The van der Waals surface area contributed by atoms with Gasteiger partial charge in [-0.25, -0.2) is 0 Å². The standard InChI is InChI=1S/C13H16Cl2N4O2/c14-12-2-1-11(7-13(12)15)21-9-10(20)8-16-3-5-19-6-4-17-18-19/h1-2,4,6-7,10,16,20H,3,5,8-9H2. The van der Waals surface area contributed by atoms with Gasteiger partial charge in [-0.1, -0.05) is 28.4 Å². The number of aliphatic hydroxyl groups excluding tert-OH is 1. The van der Waals surface area contributed by atoms with Crippen LogP contribution in [0.1, 0.15) is 0 Å². The average molecular weight is 331 g/mol. The van der Waals surface area contributed by atoms with Crippen molar-refractivity contribution in [3.05, 3.63) is 40.6 Å². The second-order valence-electron chi connectivity index (χ2n) is 4.41. The summed E-state index contributed by atoms with van der Waals surface area (Å²) in [4.78, 5) is 0. The second-order valence-corrected chi connectivity index (χ2v) is 5.23. The maximum absolute atomic E-state index is 9.81. The molecule has 0 bridgehead atoms. The molecule has 8 heteroatoms. The SMILES string of the molecule is OC(CNCCn1ccnn1)COc1ccc(Cl)c(Cl)c1. The van der Waals surface area contributed by atoms with Gasteiger partial charge in [0.25, 0.3) is 0 Å². The highest BCUT2D eigenvalue weighted by Gasteiger charge is 2.06. The van der Waals surface area contributed by atoms with E-state index in [1.165, 1.54) is 0 Å². The van der Waals surface area contributed by atoms with E-state index in [9.17, 15) is 5.11 Å². The second kappa shape index (κ2) is 8.19. The van der Waals surface area contributed by atoms with E-state index in [-0.39, 0.29) is 6.61 Å².